The zero-order valence-corrected chi connectivity index (χ0v) is 17.9. The highest BCUT2D eigenvalue weighted by molar-refractivity contribution is 5.93. The Bertz CT molecular complexity index is 455. The number of benzene rings is 1. The lowest BCUT2D eigenvalue weighted by molar-refractivity contribution is 0.0535. The van der Waals surface area contributed by atoms with Crippen LogP contribution in [0, 0.1) is 5.92 Å². The van der Waals surface area contributed by atoms with Gasteiger partial charge in [-0.15, -0.1) is 0 Å². The Morgan fingerprint density at radius 3 is 2.08 bits per heavy atom. The second-order valence-corrected chi connectivity index (χ2v) is 5.05. The molecular weight excluding hydrogens is 312 g/mol. The van der Waals surface area contributed by atoms with E-state index in [-0.39, 0.29) is 5.97 Å². The van der Waals surface area contributed by atoms with Gasteiger partial charge < -0.3 is 9.47 Å². The molecule has 1 fully saturated rings. The molecule has 0 spiro atoms. The molecule has 3 heteroatoms. The van der Waals surface area contributed by atoms with Crippen LogP contribution >= 0.6 is 0 Å². The topological polar surface area (TPSA) is 35.5 Å². The van der Waals surface area contributed by atoms with Gasteiger partial charge in [0.1, 0.15) is 12.4 Å². The number of carbonyl (C=O) groups is 1. The molecular formula is C22H40O3. The second-order valence-electron chi connectivity index (χ2n) is 5.05. The summed E-state index contributed by atoms with van der Waals surface area (Å²) in [5, 5.41) is 0. The van der Waals surface area contributed by atoms with Crippen LogP contribution in [0.2, 0.25) is 0 Å². The minimum atomic E-state index is -0.221. The number of esters is 1. The first-order chi connectivity index (χ1) is 12.2. The number of cyclic esters (lactones) is 1. The molecule has 3 nitrogen and oxygen atoms in total. The Morgan fingerprint density at radius 1 is 0.960 bits per heavy atom. The van der Waals surface area contributed by atoms with Crippen LogP contribution in [0.5, 0.6) is 5.75 Å². The summed E-state index contributed by atoms with van der Waals surface area (Å²) in [6.45, 7) is 18.6. The molecule has 1 saturated carbocycles. The smallest absolute Gasteiger partial charge is 0.338 e. The molecule has 0 bridgehead atoms. The molecule has 146 valence electrons. The van der Waals surface area contributed by atoms with Gasteiger partial charge in [-0.25, -0.2) is 4.79 Å². The summed E-state index contributed by atoms with van der Waals surface area (Å²) in [6.07, 6.45) is 3.85. The van der Waals surface area contributed by atoms with Crippen molar-refractivity contribution < 1.29 is 14.3 Å². The summed E-state index contributed by atoms with van der Waals surface area (Å²) < 4.78 is 10.9. The quantitative estimate of drug-likeness (QED) is 0.536. The molecule has 1 aliphatic heterocycles. The van der Waals surface area contributed by atoms with Gasteiger partial charge in [0.05, 0.1) is 11.7 Å². The van der Waals surface area contributed by atoms with Gasteiger partial charge in [0.25, 0.3) is 0 Å². The van der Waals surface area contributed by atoms with E-state index in [9.17, 15) is 4.79 Å². The maximum absolute atomic E-state index is 11.3. The summed E-state index contributed by atoms with van der Waals surface area (Å²) >= 11 is 0. The van der Waals surface area contributed by atoms with E-state index in [2.05, 4.69) is 6.92 Å². The van der Waals surface area contributed by atoms with Crippen LogP contribution in [0.1, 0.15) is 97.5 Å². The lowest BCUT2D eigenvalue weighted by Gasteiger charge is -2.13. The highest BCUT2D eigenvalue weighted by atomic mass is 16.5. The Labute approximate surface area is 156 Å². The van der Waals surface area contributed by atoms with Gasteiger partial charge in [0.2, 0.25) is 0 Å². The molecule has 1 aliphatic carbocycles. The predicted molar refractivity (Wildman–Crippen MR) is 108 cm³/mol. The molecule has 3 rings (SSSR count). The summed E-state index contributed by atoms with van der Waals surface area (Å²) in [5.74, 6) is 1.40. The van der Waals surface area contributed by atoms with Crippen LogP contribution in [0.25, 0.3) is 0 Å². The highest BCUT2D eigenvalue weighted by Gasteiger charge is 2.25. The largest absolute Gasteiger partial charge is 0.490 e. The van der Waals surface area contributed by atoms with E-state index in [0.29, 0.717) is 18.3 Å². The number of hydrogen-bond donors (Lipinski definition) is 0. The number of fused-ring (bicyclic) bond motifs is 1. The van der Waals surface area contributed by atoms with Crippen LogP contribution in [0.15, 0.2) is 18.2 Å². The SMILES string of the molecule is CC.CC.CC.CC.CC1CCC(Oc2ccc3c(c2)COC3=O)C1. The van der Waals surface area contributed by atoms with Gasteiger partial charge >= 0.3 is 5.97 Å². The average molecular weight is 353 g/mol. The van der Waals surface area contributed by atoms with Gasteiger partial charge in [-0.05, 0) is 43.4 Å². The van der Waals surface area contributed by atoms with Crippen LogP contribution < -0.4 is 4.74 Å². The Kier molecular flexibility index (Phi) is 16.5. The Hall–Kier alpha value is -1.51. The van der Waals surface area contributed by atoms with E-state index in [1.165, 1.54) is 6.42 Å². The fourth-order valence-corrected chi connectivity index (χ4v) is 2.64. The maximum Gasteiger partial charge on any atom is 0.338 e. The molecule has 0 saturated heterocycles. The molecule has 0 amide bonds. The number of hydrogen-bond acceptors (Lipinski definition) is 3. The van der Waals surface area contributed by atoms with Crippen molar-refractivity contribution in [2.24, 2.45) is 5.92 Å². The number of rotatable bonds is 2. The molecule has 25 heavy (non-hydrogen) atoms. The normalized spacial score (nSPS) is 19.2. The molecule has 0 aromatic heterocycles. The van der Waals surface area contributed by atoms with E-state index in [1.807, 2.05) is 67.5 Å². The zero-order valence-electron chi connectivity index (χ0n) is 17.9. The van der Waals surface area contributed by atoms with Crippen molar-refractivity contribution in [3.63, 3.8) is 0 Å². The lowest BCUT2D eigenvalue weighted by atomic mass is 10.1. The fraction of sp³-hybridized carbons (Fsp3) is 0.682. The number of carbonyl (C=O) groups excluding carboxylic acids is 1. The van der Waals surface area contributed by atoms with Gasteiger partial charge in [-0.1, -0.05) is 62.3 Å². The van der Waals surface area contributed by atoms with Gasteiger partial charge in [0.15, 0.2) is 0 Å². The first kappa shape index (κ1) is 25.7. The molecule has 1 heterocycles. The van der Waals surface area contributed by atoms with Gasteiger partial charge in [-0.3, -0.25) is 0 Å². The number of ether oxygens (including phenoxy) is 2. The first-order valence-corrected chi connectivity index (χ1v) is 10.2. The van der Waals surface area contributed by atoms with E-state index in [4.69, 9.17) is 9.47 Å². The summed E-state index contributed by atoms with van der Waals surface area (Å²) in [4.78, 5) is 11.3. The Balaban J connectivity index is 0. The highest BCUT2D eigenvalue weighted by Crippen LogP contribution is 2.30. The van der Waals surface area contributed by atoms with Crippen molar-refractivity contribution in [2.45, 2.75) is 94.3 Å². The van der Waals surface area contributed by atoms with E-state index in [0.717, 1.165) is 30.1 Å². The molecule has 2 aliphatic rings. The van der Waals surface area contributed by atoms with E-state index < -0.39 is 0 Å². The Morgan fingerprint density at radius 2 is 1.56 bits per heavy atom. The van der Waals surface area contributed by atoms with Crippen LogP contribution in [-0.2, 0) is 11.3 Å². The molecule has 0 radical (unpaired) electrons. The summed E-state index contributed by atoms with van der Waals surface area (Å²) in [6, 6.07) is 5.61. The minimum absolute atomic E-state index is 0.221. The van der Waals surface area contributed by atoms with Crippen molar-refractivity contribution in [3.8, 4) is 5.75 Å². The van der Waals surface area contributed by atoms with Crippen LogP contribution in [0.4, 0.5) is 0 Å². The first-order valence-electron chi connectivity index (χ1n) is 10.2. The minimum Gasteiger partial charge on any atom is -0.490 e. The monoisotopic (exact) mass is 352 g/mol. The third kappa shape index (κ3) is 8.42. The maximum atomic E-state index is 11.3. The third-order valence-corrected chi connectivity index (χ3v) is 3.60. The standard InChI is InChI=1S/C14H16O3.4C2H6/c1-9-2-3-11(6-9)17-12-4-5-13-10(7-12)8-16-14(13)15;4*1-2/h4-5,7,9,11H,2-3,6,8H2,1H3;4*1-2H3. The fourth-order valence-electron chi connectivity index (χ4n) is 2.64. The lowest BCUT2D eigenvalue weighted by Crippen LogP contribution is -2.11. The van der Waals surface area contributed by atoms with E-state index in [1.54, 1.807) is 6.07 Å². The van der Waals surface area contributed by atoms with Crippen molar-refractivity contribution in [2.75, 3.05) is 0 Å². The van der Waals surface area contributed by atoms with Crippen molar-refractivity contribution in [1.29, 1.82) is 0 Å². The van der Waals surface area contributed by atoms with Crippen molar-refractivity contribution >= 4 is 5.97 Å². The summed E-state index contributed by atoms with van der Waals surface area (Å²) in [7, 11) is 0. The van der Waals surface area contributed by atoms with Crippen molar-refractivity contribution in [1.82, 2.24) is 0 Å². The molecule has 0 N–H and O–H groups in total. The third-order valence-electron chi connectivity index (χ3n) is 3.60. The second kappa shape index (κ2) is 16.0. The summed E-state index contributed by atoms with van der Waals surface area (Å²) in [5.41, 5.74) is 1.62. The average Bonchev–Trinajstić information content (AvgIpc) is 3.27. The van der Waals surface area contributed by atoms with Crippen LogP contribution in [0.3, 0.4) is 0 Å². The van der Waals surface area contributed by atoms with Crippen molar-refractivity contribution in [3.05, 3.63) is 29.3 Å². The molecule has 2 atom stereocenters. The van der Waals surface area contributed by atoms with E-state index >= 15 is 0 Å². The zero-order chi connectivity index (χ0) is 19.8. The molecule has 2 unspecified atom stereocenters. The molecule has 1 aromatic rings. The van der Waals surface area contributed by atoms with Gasteiger partial charge in [0, 0.05) is 5.56 Å². The molecule has 1 aromatic carbocycles. The van der Waals surface area contributed by atoms with Gasteiger partial charge in [-0.2, -0.15) is 0 Å². The van der Waals surface area contributed by atoms with Crippen LogP contribution in [-0.4, -0.2) is 12.1 Å². The predicted octanol–water partition coefficient (Wildman–Crippen LogP) is 7.03.